The van der Waals surface area contributed by atoms with E-state index >= 15 is 0 Å². The summed E-state index contributed by atoms with van der Waals surface area (Å²) in [5, 5.41) is 10.1. The highest BCUT2D eigenvalue weighted by Gasteiger charge is 2.20. The third-order valence-corrected chi connectivity index (χ3v) is 3.29. The van der Waals surface area contributed by atoms with Gasteiger partial charge in [0.15, 0.2) is 0 Å². The van der Waals surface area contributed by atoms with Crippen molar-refractivity contribution in [1.29, 1.82) is 0 Å². The molecule has 1 atom stereocenters. The molecule has 1 rings (SSSR count). The molecule has 0 heterocycles. The van der Waals surface area contributed by atoms with E-state index in [0.717, 1.165) is 23.3 Å². The van der Waals surface area contributed by atoms with E-state index in [1.54, 1.807) is 7.11 Å². The van der Waals surface area contributed by atoms with Crippen LogP contribution >= 0.6 is 11.6 Å². The van der Waals surface area contributed by atoms with Crippen molar-refractivity contribution in [2.45, 2.75) is 45.1 Å². The lowest BCUT2D eigenvalue weighted by molar-refractivity contribution is 0.166. The third kappa shape index (κ3) is 3.89. The Balaban J connectivity index is 3.03. The van der Waals surface area contributed by atoms with E-state index in [1.165, 1.54) is 0 Å². The lowest BCUT2D eigenvalue weighted by atomic mass is 9.84. The number of halogens is 1. The molecule has 2 nitrogen and oxygen atoms in total. The Morgan fingerprint density at radius 3 is 2.50 bits per heavy atom. The molecular formula is C15H23ClO2. The number of hydrogen-bond donors (Lipinski definition) is 1. The Hall–Kier alpha value is -0.730. The highest BCUT2D eigenvalue weighted by molar-refractivity contribution is 6.17. The number of methoxy groups -OCH3 is 1. The summed E-state index contributed by atoms with van der Waals surface area (Å²) in [6.07, 6.45) is 1.06. The molecule has 1 unspecified atom stereocenters. The minimum Gasteiger partial charge on any atom is -0.496 e. The summed E-state index contributed by atoms with van der Waals surface area (Å²) in [4.78, 5) is 0. The number of hydrogen-bond acceptors (Lipinski definition) is 2. The van der Waals surface area contributed by atoms with Crippen LogP contribution < -0.4 is 4.74 Å². The van der Waals surface area contributed by atoms with Crippen molar-refractivity contribution in [3.8, 4) is 5.75 Å². The van der Waals surface area contributed by atoms with Crippen molar-refractivity contribution in [2.24, 2.45) is 0 Å². The van der Waals surface area contributed by atoms with Crippen LogP contribution in [0.15, 0.2) is 18.2 Å². The molecule has 0 radical (unpaired) electrons. The topological polar surface area (TPSA) is 29.5 Å². The van der Waals surface area contributed by atoms with Crippen molar-refractivity contribution in [1.82, 2.24) is 0 Å². The first-order valence-corrected chi connectivity index (χ1v) is 6.86. The van der Waals surface area contributed by atoms with E-state index < -0.39 is 6.10 Å². The van der Waals surface area contributed by atoms with Crippen LogP contribution in [0, 0.1) is 0 Å². The highest BCUT2D eigenvalue weighted by atomic mass is 35.5. The van der Waals surface area contributed by atoms with Gasteiger partial charge in [0.2, 0.25) is 0 Å². The zero-order valence-electron chi connectivity index (χ0n) is 11.7. The summed E-state index contributed by atoms with van der Waals surface area (Å²) in [7, 11) is 1.67. The molecule has 0 bridgehead atoms. The quantitative estimate of drug-likeness (QED) is 0.818. The summed E-state index contributed by atoms with van der Waals surface area (Å²) in [5.41, 5.74) is 2.05. The molecule has 102 valence electrons. The molecule has 0 saturated heterocycles. The van der Waals surface area contributed by atoms with Crippen LogP contribution in [0.5, 0.6) is 5.75 Å². The van der Waals surface area contributed by atoms with Crippen molar-refractivity contribution >= 4 is 11.6 Å². The van der Waals surface area contributed by atoms with Gasteiger partial charge in [0.1, 0.15) is 5.75 Å². The Bertz CT molecular complexity index is 383. The van der Waals surface area contributed by atoms with Gasteiger partial charge in [0.05, 0.1) is 13.2 Å². The van der Waals surface area contributed by atoms with Gasteiger partial charge in [-0.25, -0.2) is 0 Å². The molecular weight excluding hydrogens is 248 g/mol. The summed E-state index contributed by atoms with van der Waals surface area (Å²) in [5.74, 6) is 1.45. The van der Waals surface area contributed by atoms with E-state index in [2.05, 4.69) is 20.8 Å². The van der Waals surface area contributed by atoms with Crippen LogP contribution in [-0.4, -0.2) is 18.1 Å². The molecule has 0 amide bonds. The smallest absolute Gasteiger partial charge is 0.122 e. The molecule has 1 aromatic rings. The summed E-state index contributed by atoms with van der Waals surface area (Å²) in [6, 6.07) is 5.89. The van der Waals surface area contributed by atoms with Gasteiger partial charge < -0.3 is 9.84 Å². The molecule has 0 aliphatic carbocycles. The van der Waals surface area contributed by atoms with E-state index in [-0.39, 0.29) is 5.41 Å². The molecule has 0 fully saturated rings. The fraction of sp³-hybridized carbons (Fsp3) is 0.600. The number of ether oxygens (including phenoxy) is 1. The molecule has 0 aliphatic heterocycles. The van der Waals surface area contributed by atoms with Gasteiger partial charge >= 0.3 is 0 Å². The average molecular weight is 271 g/mol. The van der Waals surface area contributed by atoms with E-state index in [0.29, 0.717) is 12.3 Å². The van der Waals surface area contributed by atoms with Crippen LogP contribution in [0.1, 0.15) is 50.8 Å². The number of aliphatic hydroxyl groups is 1. The standard InChI is InChI=1S/C15H23ClO2/c1-15(2,3)12-10-11(7-8-14(12)18-4)13(17)6-5-9-16/h7-8,10,13,17H,5-6,9H2,1-4H3. The maximum Gasteiger partial charge on any atom is 0.122 e. The van der Waals surface area contributed by atoms with E-state index in [4.69, 9.17) is 16.3 Å². The van der Waals surface area contributed by atoms with Gasteiger partial charge in [-0.3, -0.25) is 0 Å². The van der Waals surface area contributed by atoms with Gasteiger partial charge in [-0.1, -0.05) is 26.8 Å². The van der Waals surface area contributed by atoms with Crippen molar-refractivity contribution in [3.63, 3.8) is 0 Å². The van der Waals surface area contributed by atoms with Crippen LogP contribution in [0.2, 0.25) is 0 Å². The second-order valence-electron chi connectivity index (χ2n) is 5.56. The van der Waals surface area contributed by atoms with Gasteiger partial charge in [-0.05, 0) is 41.5 Å². The number of aliphatic hydroxyl groups excluding tert-OH is 1. The first kappa shape index (κ1) is 15.3. The zero-order chi connectivity index (χ0) is 13.8. The van der Waals surface area contributed by atoms with Crippen LogP contribution in [0.4, 0.5) is 0 Å². The van der Waals surface area contributed by atoms with Gasteiger partial charge in [-0.2, -0.15) is 0 Å². The predicted molar refractivity (Wildman–Crippen MR) is 76.6 cm³/mol. The van der Waals surface area contributed by atoms with Gasteiger partial charge in [-0.15, -0.1) is 11.6 Å². The Morgan fingerprint density at radius 2 is 2.00 bits per heavy atom. The van der Waals surface area contributed by atoms with Crippen LogP contribution in [0.3, 0.4) is 0 Å². The van der Waals surface area contributed by atoms with Gasteiger partial charge in [0.25, 0.3) is 0 Å². The summed E-state index contributed by atoms with van der Waals surface area (Å²) in [6.45, 7) is 6.42. The first-order valence-electron chi connectivity index (χ1n) is 6.32. The predicted octanol–water partition coefficient (Wildman–Crippen LogP) is 4.05. The Labute approximate surface area is 115 Å². The molecule has 0 spiro atoms. The fourth-order valence-electron chi connectivity index (χ4n) is 1.96. The number of alkyl halides is 1. The fourth-order valence-corrected chi connectivity index (χ4v) is 2.11. The summed E-state index contributed by atoms with van der Waals surface area (Å²) >= 11 is 5.65. The zero-order valence-corrected chi connectivity index (χ0v) is 12.4. The lowest BCUT2D eigenvalue weighted by Gasteiger charge is -2.24. The third-order valence-electron chi connectivity index (χ3n) is 3.03. The highest BCUT2D eigenvalue weighted by Crippen LogP contribution is 2.34. The molecule has 18 heavy (non-hydrogen) atoms. The summed E-state index contributed by atoms with van der Waals surface area (Å²) < 4.78 is 5.38. The van der Waals surface area contributed by atoms with Crippen molar-refractivity contribution in [3.05, 3.63) is 29.3 Å². The second kappa shape index (κ2) is 6.44. The number of benzene rings is 1. The first-order chi connectivity index (χ1) is 8.40. The molecule has 3 heteroatoms. The molecule has 1 aromatic carbocycles. The van der Waals surface area contributed by atoms with Crippen LogP contribution in [0.25, 0.3) is 0 Å². The minimum atomic E-state index is -0.448. The Kier molecular flexibility index (Phi) is 5.48. The molecule has 0 saturated carbocycles. The van der Waals surface area contributed by atoms with E-state index in [9.17, 15) is 5.11 Å². The normalized spacial score (nSPS) is 13.4. The maximum absolute atomic E-state index is 10.1. The van der Waals surface area contributed by atoms with Gasteiger partial charge in [0, 0.05) is 5.88 Å². The molecule has 0 aromatic heterocycles. The van der Waals surface area contributed by atoms with Crippen LogP contribution in [-0.2, 0) is 5.41 Å². The largest absolute Gasteiger partial charge is 0.496 e. The second-order valence-corrected chi connectivity index (χ2v) is 5.93. The minimum absolute atomic E-state index is 0.00639. The lowest BCUT2D eigenvalue weighted by Crippen LogP contribution is -2.14. The van der Waals surface area contributed by atoms with Crippen molar-refractivity contribution in [2.75, 3.05) is 13.0 Å². The van der Waals surface area contributed by atoms with E-state index in [1.807, 2.05) is 18.2 Å². The Morgan fingerprint density at radius 1 is 1.33 bits per heavy atom. The van der Waals surface area contributed by atoms with Crippen molar-refractivity contribution < 1.29 is 9.84 Å². The SMILES string of the molecule is COc1ccc(C(O)CCCCl)cc1C(C)(C)C. The monoisotopic (exact) mass is 270 g/mol. The number of rotatable bonds is 5. The molecule has 1 N–H and O–H groups in total. The maximum atomic E-state index is 10.1. The molecule has 0 aliphatic rings. The average Bonchev–Trinajstić information content (AvgIpc) is 2.34.